The van der Waals surface area contributed by atoms with E-state index < -0.39 is 0 Å². The van der Waals surface area contributed by atoms with Gasteiger partial charge in [-0.15, -0.1) is 0 Å². The van der Waals surface area contributed by atoms with Gasteiger partial charge < -0.3 is 14.2 Å². The summed E-state index contributed by atoms with van der Waals surface area (Å²) in [5.74, 6) is -1.09. The fourth-order valence-corrected chi connectivity index (χ4v) is 3.96. The Kier molecular flexibility index (Phi) is 3.48. The van der Waals surface area contributed by atoms with Gasteiger partial charge in [0.2, 0.25) is 0 Å². The van der Waals surface area contributed by atoms with Crippen molar-refractivity contribution in [3.63, 3.8) is 0 Å². The van der Waals surface area contributed by atoms with Gasteiger partial charge in [-0.25, -0.2) is 0 Å². The van der Waals surface area contributed by atoms with Crippen molar-refractivity contribution in [2.75, 3.05) is 13.2 Å². The van der Waals surface area contributed by atoms with Crippen LogP contribution < -0.4 is 0 Å². The first-order valence-electron chi connectivity index (χ1n) is 7.50. The number of esters is 2. The molecular weight excluding hydrogens is 260 g/mol. The molecule has 0 aromatic carbocycles. The molecule has 3 aliphatic rings. The van der Waals surface area contributed by atoms with Gasteiger partial charge in [-0.2, -0.15) is 0 Å². The molecular formula is C15H22O5. The van der Waals surface area contributed by atoms with Gasteiger partial charge in [0.15, 0.2) is 0 Å². The molecule has 5 nitrogen and oxygen atoms in total. The lowest BCUT2D eigenvalue weighted by atomic mass is 9.69. The molecule has 3 fully saturated rings. The van der Waals surface area contributed by atoms with Crippen LogP contribution in [0, 0.1) is 17.8 Å². The van der Waals surface area contributed by atoms with Crippen LogP contribution in [0.15, 0.2) is 0 Å². The maximum absolute atomic E-state index is 12.3. The Morgan fingerprint density at radius 2 is 2.25 bits per heavy atom. The van der Waals surface area contributed by atoms with Crippen LogP contribution in [0.5, 0.6) is 0 Å². The van der Waals surface area contributed by atoms with Crippen LogP contribution in [-0.2, 0) is 23.8 Å². The molecule has 5 heteroatoms. The van der Waals surface area contributed by atoms with Crippen molar-refractivity contribution in [1.29, 1.82) is 0 Å². The van der Waals surface area contributed by atoms with Crippen LogP contribution in [0.3, 0.4) is 0 Å². The molecule has 0 unspecified atom stereocenters. The van der Waals surface area contributed by atoms with Gasteiger partial charge >= 0.3 is 11.9 Å². The Bertz CT molecular complexity index is 414. The van der Waals surface area contributed by atoms with Gasteiger partial charge in [0, 0.05) is 13.0 Å². The standard InChI is InChI=1S/C15H22O5/c1-9-6-15(2)7-11(13(16)20-15)12(9)14(17)19-8-10-4-3-5-18-10/h9-12H,3-8H2,1-2H3/t9-,10-,11-,12-,15+/m1/s1. The summed E-state index contributed by atoms with van der Waals surface area (Å²) in [7, 11) is 0. The predicted molar refractivity (Wildman–Crippen MR) is 69.8 cm³/mol. The Labute approximate surface area is 118 Å². The molecule has 1 aliphatic carbocycles. The molecule has 0 aromatic rings. The highest BCUT2D eigenvalue weighted by Crippen LogP contribution is 2.48. The molecule has 3 rings (SSSR count). The number of hydrogen-bond donors (Lipinski definition) is 0. The van der Waals surface area contributed by atoms with E-state index in [0.29, 0.717) is 13.0 Å². The summed E-state index contributed by atoms with van der Waals surface area (Å²) in [4.78, 5) is 24.2. The van der Waals surface area contributed by atoms with Crippen molar-refractivity contribution in [3.05, 3.63) is 0 Å². The van der Waals surface area contributed by atoms with E-state index in [1.165, 1.54) is 0 Å². The first-order chi connectivity index (χ1) is 9.48. The van der Waals surface area contributed by atoms with Crippen LogP contribution in [-0.4, -0.2) is 36.9 Å². The molecule has 2 bridgehead atoms. The number of fused-ring (bicyclic) bond motifs is 2. The van der Waals surface area contributed by atoms with E-state index in [2.05, 4.69) is 0 Å². The molecule has 0 N–H and O–H groups in total. The van der Waals surface area contributed by atoms with E-state index in [-0.39, 0.29) is 41.4 Å². The molecule has 1 saturated carbocycles. The van der Waals surface area contributed by atoms with Crippen LogP contribution in [0.2, 0.25) is 0 Å². The summed E-state index contributed by atoms with van der Waals surface area (Å²) in [6, 6.07) is 0. The monoisotopic (exact) mass is 282 g/mol. The van der Waals surface area contributed by atoms with Crippen LogP contribution >= 0.6 is 0 Å². The van der Waals surface area contributed by atoms with Crippen molar-refractivity contribution in [1.82, 2.24) is 0 Å². The summed E-state index contributed by atoms with van der Waals surface area (Å²) in [6.45, 7) is 5.01. The molecule has 2 saturated heterocycles. The van der Waals surface area contributed by atoms with E-state index in [0.717, 1.165) is 25.9 Å². The van der Waals surface area contributed by atoms with Crippen molar-refractivity contribution in [2.45, 2.75) is 51.2 Å². The average molecular weight is 282 g/mol. The van der Waals surface area contributed by atoms with E-state index in [1.807, 2.05) is 13.8 Å². The fourth-order valence-electron chi connectivity index (χ4n) is 3.96. The highest BCUT2D eigenvalue weighted by Gasteiger charge is 2.56. The molecule has 0 amide bonds. The highest BCUT2D eigenvalue weighted by atomic mass is 16.6. The number of hydrogen-bond acceptors (Lipinski definition) is 5. The van der Waals surface area contributed by atoms with Crippen LogP contribution in [0.4, 0.5) is 0 Å². The number of ether oxygens (including phenoxy) is 3. The minimum atomic E-state index is -0.382. The van der Waals surface area contributed by atoms with Crippen LogP contribution in [0.1, 0.15) is 39.5 Å². The molecule has 2 heterocycles. The fraction of sp³-hybridized carbons (Fsp3) is 0.867. The van der Waals surface area contributed by atoms with Gasteiger partial charge in [-0.05, 0) is 32.1 Å². The summed E-state index contributed by atoms with van der Waals surface area (Å²) in [5, 5.41) is 0. The number of carbonyl (C=O) groups is 2. The van der Waals surface area contributed by atoms with E-state index in [4.69, 9.17) is 14.2 Å². The smallest absolute Gasteiger partial charge is 0.310 e. The first kappa shape index (κ1) is 13.9. The van der Waals surface area contributed by atoms with E-state index in [1.54, 1.807) is 0 Å². The zero-order chi connectivity index (χ0) is 14.3. The lowest BCUT2D eigenvalue weighted by Gasteiger charge is -2.34. The SMILES string of the molecule is C[C@@H]1C[C@@]2(C)C[C@@H](C(=O)O2)[C@@H]1C(=O)OC[C@H]1CCCO1. The van der Waals surface area contributed by atoms with E-state index >= 15 is 0 Å². The predicted octanol–water partition coefficient (Wildman–Crippen LogP) is 1.69. The molecule has 0 spiro atoms. The summed E-state index contributed by atoms with van der Waals surface area (Å²) in [6.07, 6.45) is 3.36. The molecule has 20 heavy (non-hydrogen) atoms. The molecule has 0 radical (unpaired) electrons. The zero-order valence-electron chi connectivity index (χ0n) is 12.1. The van der Waals surface area contributed by atoms with Crippen molar-refractivity contribution >= 4 is 11.9 Å². The Morgan fingerprint density at radius 3 is 2.95 bits per heavy atom. The summed E-state index contributed by atoms with van der Waals surface area (Å²) < 4.78 is 16.3. The second-order valence-electron chi connectivity index (χ2n) is 6.65. The summed E-state index contributed by atoms with van der Waals surface area (Å²) >= 11 is 0. The zero-order valence-corrected chi connectivity index (χ0v) is 12.1. The summed E-state index contributed by atoms with van der Waals surface area (Å²) in [5.41, 5.74) is -0.382. The van der Waals surface area contributed by atoms with Crippen molar-refractivity contribution < 1.29 is 23.8 Å². The molecule has 5 atom stereocenters. The minimum Gasteiger partial charge on any atom is -0.463 e. The Morgan fingerprint density at radius 1 is 1.45 bits per heavy atom. The minimum absolute atomic E-state index is 0.0265. The first-order valence-corrected chi connectivity index (χ1v) is 7.50. The van der Waals surface area contributed by atoms with Gasteiger partial charge in [0.1, 0.15) is 12.2 Å². The third-order valence-electron chi connectivity index (χ3n) is 4.81. The van der Waals surface area contributed by atoms with Gasteiger partial charge in [-0.1, -0.05) is 6.92 Å². The largest absolute Gasteiger partial charge is 0.463 e. The quantitative estimate of drug-likeness (QED) is 0.737. The Hall–Kier alpha value is -1.10. The molecule has 0 aromatic heterocycles. The normalized spacial score (nSPS) is 43.4. The van der Waals surface area contributed by atoms with E-state index in [9.17, 15) is 9.59 Å². The second-order valence-corrected chi connectivity index (χ2v) is 6.65. The Balaban J connectivity index is 1.63. The third kappa shape index (κ3) is 2.43. The lowest BCUT2D eigenvalue weighted by Crippen LogP contribution is -2.41. The number of rotatable bonds is 3. The topological polar surface area (TPSA) is 61.8 Å². The average Bonchev–Trinajstić information content (AvgIpc) is 2.94. The van der Waals surface area contributed by atoms with Crippen molar-refractivity contribution in [2.24, 2.45) is 17.8 Å². The van der Waals surface area contributed by atoms with Gasteiger partial charge in [-0.3, -0.25) is 9.59 Å². The number of carbonyl (C=O) groups excluding carboxylic acids is 2. The highest BCUT2D eigenvalue weighted by molar-refractivity contribution is 5.84. The maximum Gasteiger partial charge on any atom is 0.310 e. The van der Waals surface area contributed by atoms with Gasteiger partial charge in [0.05, 0.1) is 17.9 Å². The van der Waals surface area contributed by atoms with Gasteiger partial charge in [0.25, 0.3) is 0 Å². The maximum atomic E-state index is 12.3. The third-order valence-corrected chi connectivity index (χ3v) is 4.81. The lowest BCUT2D eigenvalue weighted by molar-refractivity contribution is -0.159. The second kappa shape index (κ2) is 5.02. The molecule has 2 aliphatic heterocycles. The van der Waals surface area contributed by atoms with Crippen molar-refractivity contribution in [3.8, 4) is 0 Å². The van der Waals surface area contributed by atoms with Crippen LogP contribution in [0.25, 0.3) is 0 Å². The molecule has 112 valence electrons.